The minimum absolute atomic E-state index is 0.0346. The summed E-state index contributed by atoms with van der Waals surface area (Å²) in [6.45, 7) is 10.6. The van der Waals surface area contributed by atoms with Crippen LogP contribution in [0.3, 0.4) is 0 Å². The fourth-order valence-corrected chi connectivity index (χ4v) is 2.30. The molecule has 1 amide bonds. The number of aliphatic hydroxyl groups excluding tert-OH is 1. The monoisotopic (exact) mass is 316 g/mol. The predicted octanol–water partition coefficient (Wildman–Crippen LogP) is 0.883. The van der Waals surface area contributed by atoms with Crippen LogP contribution in [0.5, 0.6) is 0 Å². The normalized spacial score (nSPS) is 26.0. The van der Waals surface area contributed by atoms with Crippen LogP contribution in [0.15, 0.2) is 0 Å². The minimum Gasteiger partial charge on any atom is -0.460 e. The Kier molecular flexibility index (Phi) is 5.46. The van der Waals surface area contributed by atoms with Gasteiger partial charge in [0.2, 0.25) is 0 Å². The molecule has 0 unspecified atom stereocenters. The lowest BCUT2D eigenvalue weighted by molar-refractivity contribution is -0.162. The molecule has 0 bridgehead atoms. The maximum atomic E-state index is 12.2. The van der Waals surface area contributed by atoms with Crippen LogP contribution in [0.1, 0.15) is 41.5 Å². The second kappa shape index (κ2) is 6.42. The summed E-state index contributed by atoms with van der Waals surface area (Å²) in [5.41, 5.74) is 4.32. The van der Waals surface area contributed by atoms with Crippen LogP contribution in [0, 0.1) is 5.92 Å². The highest BCUT2D eigenvalue weighted by Gasteiger charge is 2.48. The first-order valence-corrected chi connectivity index (χ1v) is 7.46. The van der Waals surface area contributed by atoms with Gasteiger partial charge in [-0.05, 0) is 41.5 Å². The van der Waals surface area contributed by atoms with E-state index in [0.717, 1.165) is 0 Å². The lowest BCUT2D eigenvalue weighted by Gasteiger charge is -2.28. The van der Waals surface area contributed by atoms with E-state index >= 15 is 0 Å². The third-order valence-corrected chi connectivity index (χ3v) is 3.18. The second-order valence-electron chi connectivity index (χ2n) is 7.57. The fraction of sp³-hybridized carbons (Fsp3) is 0.867. The van der Waals surface area contributed by atoms with Crippen LogP contribution in [-0.2, 0) is 14.3 Å². The lowest BCUT2D eigenvalue weighted by atomic mass is 10.0. The average molecular weight is 316 g/mol. The molecular formula is C15H28N2O5. The molecule has 0 aromatic heterocycles. The molecule has 1 rings (SSSR count). The highest BCUT2D eigenvalue weighted by Crippen LogP contribution is 2.27. The van der Waals surface area contributed by atoms with Gasteiger partial charge in [-0.15, -0.1) is 0 Å². The predicted molar refractivity (Wildman–Crippen MR) is 81.1 cm³/mol. The molecule has 3 N–H and O–H groups in total. The topological polar surface area (TPSA) is 102 Å². The number of nitrogens with two attached hydrogens (primary N) is 1. The van der Waals surface area contributed by atoms with Gasteiger partial charge < -0.3 is 25.2 Å². The number of hydrogen-bond donors (Lipinski definition) is 2. The molecule has 7 heteroatoms. The molecule has 1 fully saturated rings. The third kappa shape index (κ3) is 4.84. The zero-order chi connectivity index (χ0) is 17.3. The van der Waals surface area contributed by atoms with Crippen molar-refractivity contribution >= 4 is 12.1 Å². The summed E-state index contributed by atoms with van der Waals surface area (Å²) in [6, 6.07) is -0.660. The van der Waals surface area contributed by atoms with Gasteiger partial charge in [-0.3, -0.25) is 4.79 Å². The molecule has 3 atom stereocenters. The third-order valence-electron chi connectivity index (χ3n) is 3.18. The fourth-order valence-electron chi connectivity index (χ4n) is 2.30. The molecule has 1 heterocycles. The summed E-state index contributed by atoms with van der Waals surface area (Å²) in [5.74, 6) is -1.36. The molecule has 0 spiro atoms. The Morgan fingerprint density at radius 1 is 1.14 bits per heavy atom. The molecule has 1 aliphatic heterocycles. The Hall–Kier alpha value is -1.34. The smallest absolute Gasteiger partial charge is 0.410 e. The quantitative estimate of drug-likeness (QED) is 0.733. The van der Waals surface area contributed by atoms with Gasteiger partial charge in [-0.1, -0.05) is 0 Å². The van der Waals surface area contributed by atoms with E-state index in [1.165, 1.54) is 4.90 Å². The molecule has 0 radical (unpaired) electrons. The van der Waals surface area contributed by atoms with Gasteiger partial charge >= 0.3 is 12.1 Å². The summed E-state index contributed by atoms with van der Waals surface area (Å²) in [6.07, 6.45) is -1.65. The van der Waals surface area contributed by atoms with E-state index in [9.17, 15) is 14.7 Å². The summed E-state index contributed by atoms with van der Waals surface area (Å²) in [5, 5.41) is 10.3. The maximum Gasteiger partial charge on any atom is 0.410 e. The molecular weight excluding hydrogens is 288 g/mol. The number of aliphatic hydroxyl groups is 1. The van der Waals surface area contributed by atoms with Gasteiger partial charge in [0.25, 0.3) is 0 Å². The molecule has 7 nitrogen and oxygen atoms in total. The van der Waals surface area contributed by atoms with Crippen molar-refractivity contribution < 1.29 is 24.2 Å². The van der Waals surface area contributed by atoms with Crippen molar-refractivity contribution in [2.45, 2.75) is 64.9 Å². The molecule has 22 heavy (non-hydrogen) atoms. The van der Waals surface area contributed by atoms with Crippen LogP contribution in [0.25, 0.3) is 0 Å². The molecule has 0 aliphatic carbocycles. The largest absolute Gasteiger partial charge is 0.460 e. The second-order valence-corrected chi connectivity index (χ2v) is 7.57. The van der Waals surface area contributed by atoms with E-state index in [0.29, 0.717) is 0 Å². The summed E-state index contributed by atoms with van der Waals surface area (Å²) < 4.78 is 10.6. The zero-order valence-corrected chi connectivity index (χ0v) is 14.3. The molecule has 0 aromatic carbocycles. The molecule has 0 saturated carbocycles. The van der Waals surface area contributed by atoms with Crippen molar-refractivity contribution in [3.8, 4) is 0 Å². The van der Waals surface area contributed by atoms with Gasteiger partial charge in [0, 0.05) is 13.1 Å². The Morgan fingerprint density at radius 2 is 1.64 bits per heavy atom. The molecule has 1 saturated heterocycles. The van der Waals surface area contributed by atoms with Crippen molar-refractivity contribution in [3.05, 3.63) is 0 Å². The number of ether oxygens (including phenoxy) is 2. The van der Waals surface area contributed by atoms with E-state index in [-0.39, 0.29) is 13.1 Å². The van der Waals surface area contributed by atoms with Gasteiger partial charge in [0.1, 0.15) is 17.1 Å². The number of hydrogen-bond acceptors (Lipinski definition) is 6. The number of esters is 1. The number of carbonyl (C=O) groups excluding carboxylic acids is 2. The van der Waals surface area contributed by atoms with Crippen molar-refractivity contribution in [1.82, 2.24) is 4.90 Å². The molecule has 0 aromatic rings. The summed E-state index contributed by atoms with van der Waals surface area (Å²) in [4.78, 5) is 25.7. The SMILES string of the molecule is CC(C)(C)OC(=O)[C@@H]1CN(C(=O)OC(C)(C)C)[C@H](CN)[C@@H]1O. The number of likely N-dealkylation sites (tertiary alicyclic amines) is 1. The summed E-state index contributed by atoms with van der Waals surface area (Å²) in [7, 11) is 0. The minimum atomic E-state index is -1.06. The van der Waals surface area contributed by atoms with Gasteiger partial charge in [0.15, 0.2) is 0 Å². The Balaban J connectivity index is 2.86. The van der Waals surface area contributed by atoms with Crippen LogP contribution in [0.2, 0.25) is 0 Å². The van der Waals surface area contributed by atoms with E-state index in [1.54, 1.807) is 41.5 Å². The van der Waals surface area contributed by atoms with Gasteiger partial charge in [-0.25, -0.2) is 4.79 Å². The number of amides is 1. The van der Waals surface area contributed by atoms with Crippen molar-refractivity contribution in [3.63, 3.8) is 0 Å². The first-order valence-electron chi connectivity index (χ1n) is 7.46. The van der Waals surface area contributed by atoms with E-state index < -0.39 is 41.3 Å². The van der Waals surface area contributed by atoms with Crippen LogP contribution < -0.4 is 5.73 Å². The standard InChI is InChI=1S/C15H28N2O5/c1-14(2,3)21-12(19)9-8-17(10(7-16)11(9)18)13(20)22-15(4,5)6/h9-11,18H,7-8,16H2,1-6H3/t9-,10-,11-/m1/s1. The van der Waals surface area contributed by atoms with Gasteiger partial charge in [-0.2, -0.15) is 0 Å². The van der Waals surface area contributed by atoms with E-state index in [2.05, 4.69) is 0 Å². The zero-order valence-electron chi connectivity index (χ0n) is 14.3. The lowest BCUT2D eigenvalue weighted by Crippen LogP contribution is -2.46. The van der Waals surface area contributed by atoms with Crippen LogP contribution >= 0.6 is 0 Å². The first-order chi connectivity index (χ1) is 9.85. The molecule has 128 valence electrons. The van der Waals surface area contributed by atoms with E-state index in [4.69, 9.17) is 15.2 Å². The van der Waals surface area contributed by atoms with Crippen molar-refractivity contribution in [1.29, 1.82) is 0 Å². The number of nitrogens with zero attached hydrogens (tertiary/aromatic N) is 1. The van der Waals surface area contributed by atoms with Gasteiger partial charge in [0.05, 0.1) is 12.1 Å². The maximum absolute atomic E-state index is 12.2. The Labute approximate surface area is 131 Å². The van der Waals surface area contributed by atoms with Crippen molar-refractivity contribution in [2.24, 2.45) is 11.7 Å². The summed E-state index contributed by atoms with van der Waals surface area (Å²) >= 11 is 0. The Bertz CT molecular complexity index is 425. The average Bonchev–Trinajstić information content (AvgIpc) is 2.61. The Morgan fingerprint density at radius 3 is 2.05 bits per heavy atom. The number of carbonyl (C=O) groups is 2. The highest BCUT2D eigenvalue weighted by atomic mass is 16.6. The van der Waals surface area contributed by atoms with Crippen LogP contribution in [-0.4, -0.2) is 58.5 Å². The number of rotatable bonds is 2. The molecule has 1 aliphatic rings. The highest BCUT2D eigenvalue weighted by molar-refractivity contribution is 5.77. The van der Waals surface area contributed by atoms with Crippen LogP contribution in [0.4, 0.5) is 4.79 Å². The van der Waals surface area contributed by atoms with Crippen molar-refractivity contribution in [2.75, 3.05) is 13.1 Å². The van der Waals surface area contributed by atoms with E-state index in [1.807, 2.05) is 0 Å². The first kappa shape index (κ1) is 18.7.